The van der Waals surface area contributed by atoms with Crippen LogP contribution in [0, 0.1) is 0 Å². The Balaban J connectivity index is 1.29. The third-order valence-corrected chi connectivity index (χ3v) is 8.05. The van der Waals surface area contributed by atoms with Crippen molar-refractivity contribution in [2.24, 2.45) is 0 Å². The highest BCUT2D eigenvalue weighted by Crippen LogP contribution is 2.36. The average Bonchev–Trinajstić information content (AvgIpc) is 3.49. The van der Waals surface area contributed by atoms with Gasteiger partial charge in [-0.15, -0.1) is 0 Å². The van der Waals surface area contributed by atoms with Crippen molar-refractivity contribution in [3.05, 3.63) is 43.0 Å². The molecule has 2 aliphatic rings. The first-order valence-corrected chi connectivity index (χ1v) is 11.8. The van der Waals surface area contributed by atoms with Crippen molar-refractivity contribution < 1.29 is 13.2 Å². The number of nitrogens with one attached hydrogen (secondary N) is 1. The largest absolute Gasteiger partial charge is 0.490 e. The molecule has 3 aromatic rings. The Morgan fingerprint density at radius 1 is 1.07 bits per heavy atom. The number of H-pyrrole nitrogens is 1. The summed E-state index contributed by atoms with van der Waals surface area (Å²) in [5.41, 5.74) is 1.23. The Bertz CT molecular complexity index is 1080. The summed E-state index contributed by atoms with van der Waals surface area (Å²) in [5.74, 6) is 0.897. The van der Waals surface area contributed by atoms with Gasteiger partial charge in [-0.25, -0.2) is 13.4 Å². The van der Waals surface area contributed by atoms with E-state index in [2.05, 4.69) is 38.9 Å². The van der Waals surface area contributed by atoms with Crippen LogP contribution in [-0.4, -0.2) is 46.5 Å². The second-order valence-electron chi connectivity index (χ2n) is 7.99. The molecular formula is C21H26N4O3S. The first-order chi connectivity index (χ1) is 14.1. The molecule has 0 unspecified atom stereocenters. The highest BCUT2D eigenvalue weighted by molar-refractivity contribution is 7.89. The normalized spacial score (nSPS) is 19.9. The number of aromatic nitrogens is 3. The van der Waals surface area contributed by atoms with Crippen LogP contribution >= 0.6 is 0 Å². The topological polar surface area (TPSA) is 80.2 Å². The molecule has 8 heteroatoms. The predicted octanol–water partition coefficient (Wildman–Crippen LogP) is 3.71. The van der Waals surface area contributed by atoms with Gasteiger partial charge < -0.3 is 14.3 Å². The van der Waals surface area contributed by atoms with Gasteiger partial charge in [0.2, 0.25) is 0 Å². The number of sulfonamides is 1. The van der Waals surface area contributed by atoms with E-state index in [9.17, 15) is 8.42 Å². The summed E-state index contributed by atoms with van der Waals surface area (Å²) in [6.45, 7) is 0.899. The minimum atomic E-state index is -3.50. The van der Waals surface area contributed by atoms with Gasteiger partial charge in [-0.05, 0) is 43.9 Å². The number of nitrogens with zero attached hydrogens (tertiary/aromatic N) is 3. The van der Waals surface area contributed by atoms with E-state index in [1.807, 2.05) is 6.07 Å². The summed E-state index contributed by atoms with van der Waals surface area (Å²) >= 11 is 0. The molecule has 1 saturated heterocycles. The van der Waals surface area contributed by atoms with Crippen LogP contribution in [0.3, 0.4) is 0 Å². The Morgan fingerprint density at radius 2 is 1.86 bits per heavy atom. The van der Waals surface area contributed by atoms with E-state index in [1.165, 1.54) is 48.0 Å². The zero-order chi connectivity index (χ0) is 19.8. The summed E-state index contributed by atoms with van der Waals surface area (Å²) in [6, 6.07) is 9.00. The molecule has 1 N–H and O–H groups in total. The third-order valence-electron chi connectivity index (χ3n) is 6.23. The molecule has 3 heterocycles. The molecule has 0 radical (unpaired) electrons. The number of hydrogen-bond donors (Lipinski definition) is 1. The molecule has 7 nitrogen and oxygen atoms in total. The van der Waals surface area contributed by atoms with Crippen LogP contribution in [0.25, 0.3) is 10.9 Å². The number of rotatable bonds is 5. The maximum atomic E-state index is 12.6. The van der Waals surface area contributed by atoms with Crippen molar-refractivity contribution in [1.29, 1.82) is 0 Å². The first kappa shape index (κ1) is 18.7. The number of aromatic amines is 1. The van der Waals surface area contributed by atoms with Crippen molar-refractivity contribution in [2.45, 2.75) is 55.7 Å². The highest BCUT2D eigenvalue weighted by atomic mass is 32.2. The third kappa shape index (κ3) is 3.44. The van der Waals surface area contributed by atoms with Gasteiger partial charge in [0.25, 0.3) is 10.0 Å². The molecule has 2 fully saturated rings. The number of fused-ring (bicyclic) bond motifs is 1. The standard InChI is InChI=1S/C21H26N4O3S/c26-29(27,21-14-22-15-23-21)24-11-8-17(9-12-24)28-20-7-3-6-19-18(20)10-13-25(19)16-4-1-2-5-16/h3,6-7,10,13-17H,1-2,4-5,8-9,11-12H2,(H,22,23). The summed E-state index contributed by atoms with van der Waals surface area (Å²) in [4.78, 5) is 6.52. The lowest BCUT2D eigenvalue weighted by Gasteiger charge is -2.31. The van der Waals surface area contributed by atoms with Crippen LogP contribution in [-0.2, 0) is 10.0 Å². The van der Waals surface area contributed by atoms with Crippen molar-refractivity contribution >= 4 is 20.9 Å². The SMILES string of the molecule is O=S(=O)(c1cnc[nH]1)N1CCC(Oc2cccc3c2ccn3C2CCCC2)CC1. The van der Waals surface area contributed by atoms with Crippen LogP contribution in [0.15, 0.2) is 48.0 Å². The van der Waals surface area contributed by atoms with E-state index in [0.717, 1.165) is 11.1 Å². The Labute approximate surface area is 170 Å². The van der Waals surface area contributed by atoms with Gasteiger partial charge in [-0.2, -0.15) is 4.31 Å². The van der Waals surface area contributed by atoms with Gasteiger partial charge in [-0.3, -0.25) is 0 Å². The van der Waals surface area contributed by atoms with Gasteiger partial charge in [0.15, 0.2) is 5.03 Å². The van der Waals surface area contributed by atoms with Crippen molar-refractivity contribution in [2.75, 3.05) is 13.1 Å². The fourth-order valence-electron chi connectivity index (χ4n) is 4.66. The number of ether oxygens (including phenoxy) is 1. The lowest BCUT2D eigenvalue weighted by atomic mass is 10.1. The number of imidazole rings is 1. The van der Waals surface area contributed by atoms with Crippen molar-refractivity contribution in [3.63, 3.8) is 0 Å². The van der Waals surface area contributed by atoms with Gasteiger partial charge in [0.1, 0.15) is 11.9 Å². The molecule has 1 aromatic carbocycles. The zero-order valence-corrected chi connectivity index (χ0v) is 17.1. The minimum Gasteiger partial charge on any atom is -0.490 e. The predicted molar refractivity (Wildman–Crippen MR) is 110 cm³/mol. The van der Waals surface area contributed by atoms with E-state index in [4.69, 9.17) is 4.74 Å². The summed E-state index contributed by atoms with van der Waals surface area (Å²) in [6.07, 6.45) is 11.4. The molecule has 0 atom stereocenters. The fourth-order valence-corrected chi connectivity index (χ4v) is 6.02. The van der Waals surface area contributed by atoms with Crippen LogP contribution in [0.4, 0.5) is 0 Å². The molecule has 0 amide bonds. The minimum absolute atomic E-state index is 0.0173. The first-order valence-electron chi connectivity index (χ1n) is 10.4. The number of benzene rings is 1. The molecule has 2 aromatic heterocycles. The molecule has 1 aliphatic carbocycles. The van der Waals surface area contributed by atoms with E-state index in [-0.39, 0.29) is 11.1 Å². The summed E-state index contributed by atoms with van der Waals surface area (Å²) < 4.78 is 35.5. The molecular weight excluding hydrogens is 388 g/mol. The van der Waals surface area contributed by atoms with Crippen molar-refractivity contribution in [1.82, 2.24) is 18.8 Å². The second-order valence-corrected chi connectivity index (χ2v) is 9.89. The number of piperidine rings is 1. The highest BCUT2D eigenvalue weighted by Gasteiger charge is 2.31. The van der Waals surface area contributed by atoms with Crippen LogP contribution in [0.2, 0.25) is 0 Å². The zero-order valence-electron chi connectivity index (χ0n) is 16.3. The molecule has 1 aliphatic heterocycles. The van der Waals surface area contributed by atoms with E-state index < -0.39 is 10.0 Å². The van der Waals surface area contributed by atoms with Crippen LogP contribution < -0.4 is 4.74 Å². The summed E-state index contributed by atoms with van der Waals surface area (Å²) in [5, 5.41) is 1.29. The van der Waals surface area contributed by atoms with Crippen LogP contribution in [0.1, 0.15) is 44.6 Å². The van der Waals surface area contributed by atoms with E-state index in [1.54, 1.807) is 0 Å². The molecule has 1 saturated carbocycles. The smallest absolute Gasteiger partial charge is 0.260 e. The summed E-state index contributed by atoms with van der Waals surface area (Å²) in [7, 11) is -3.50. The Morgan fingerprint density at radius 3 is 2.59 bits per heavy atom. The lowest BCUT2D eigenvalue weighted by Crippen LogP contribution is -2.41. The van der Waals surface area contributed by atoms with Gasteiger partial charge in [-0.1, -0.05) is 18.9 Å². The van der Waals surface area contributed by atoms with Crippen molar-refractivity contribution in [3.8, 4) is 5.75 Å². The number of hydrogen-bond acceptors (Lipinski definition) is 4. The maximum Gasteiger partial charge on any atom is 0.260 e. The van der Waals surface area contributed by atoms with Crippen LogP contribution in [0.5, 0.6) is 5.75 Å². The van der Waals surface area contributed by atoms with E-state index >= 15 is 0 Å². The molecule has 0 spiro atoms. The fraction of sp³-hybridized carbons (Fsp3) is 0.476. The second kappa shape index (κ2) is 7.50. The molecule has 154 valence electrons. The molecule has 0 bridgehead atoms. The maximum absolute atomic E-state index is 12.6. The molecule has 5 rings (SSSR count). The Kier molecular flexibility index (Phi) is 4.83. The molecule has 29 heavy (non-hydrogen) atoms. The average molecular weight is 415 g/mol. The monoisotopic (exact) mass is 414 g/mol. The lowest BCUT2D eigenvalue weighted by molar-refractivity contribution is 0.136. The van der Waals surface area contributed by atoms with E-state index in [0.29, 0.717) is 32.0 Å². The van der Waals surface area contributed by atoms with Gasteiger partial charge in [0, 0.05) is 30.7 Å². The van der Waals surface area contributed by atoms with Gasteiger partial charge in [0.05, 0.1) is 18.0 Å². The van der Waals surface area contributed by atoms with Gasteiger partial charge >= 0.3 is 0 Å². The quantitative estimate of drug-likeness (QED) is 0.690. The Hall–Kier alpha value is -2.32.